The average Bonchev–Trinajstić information content (AvgIpc) is 4.20. The normalized spacial score (nSPS) is 17.5. The van der Waals surface area contributed by atoms with E-state index in [1.807, 2.05) is 30.3 Å². The number of likely N-dealkylation sites (N-methyl/N-ethyl adjacent to an activating group) is 1. The summed E-state index contributed by atoms with van der Waals surface area (Å²) in [4.78, 5) is 136. The number of hydrogen-bond donors (Lipinski definition) is 4. The Kier molecular flexibility index (Phi) is 17.5. The van der Waals surface area contributed by atoms with Crippen molar-refractivity contribution in [2.24, 2.45) is 5.92 Å². The number of carbonyl (C=O) groups excluding carboxylic acids is 9. The molecule has 4 aromatic rings. The van der Waals surface area contributed by atoms with Gasteiger partial charge in [0.15, 0.2) is 17.2 Å². The molecule has 3 atom stereocenters. The predicted octanol–water partition coefficient (Wildman–Crippen LogP) is 3.80. The molecule has 406 valence electrons. The number of aromatic nitrogens is 2. The van der Waals surface area contributed by atoms with Crippen molar-refractivity contribution in [2.75, 3.05) is 39.8 Å². The summed E-state index contributed by atoms with van der Waals surface area (Å²) in [7, 11) is 1.75. The van der Waals surface area contributed by atoms with Gasteiger partial charge in [0.1, 0.15) is 18.2 Å². The van der Waals surface area contributed by atoms with Gasteiger partial charge in [-0.15, -0.1) is 0 Å². The van der Waals surface area contributed by atoms with Gasteiger partial charge in [0, 0.05) is 79.3 Å². The Labute approximate surface area is 444 Å². The van der Waals surface area contributed by atoms with Gasteiger partial charge in [-0.1, -0.05) is 43.7 Å². The van der Waals surface area contributed by atoms with E-state index in [1.54, 1.807) is 31.9 Å². The molecule has 2 aromatic heterocycles. The van der Waals surface area contributed by atoms with Gasteiger partial charge in [0.2, 0.25) is 17.7 Å². The molecular formula is C57H64FN7O12. The van der Waals surface area contributed by atoms with Crippen molar-refractivity contribution in [1.29, 1.82) is 0 Å². The number of nitrogens with one attached hydrogen (secondary N) is 3. The molecule has 19 nitrogen and oxygen atoms in total. The number of Topliss-reactive ketones (excluding diaryl/α,β-unsaturated/α-hetero) is 3. The summed E-state index contributed by atoms with van der Waals surface area (Å²) in [5, 5.41) is 20.5. The highest BCUT2D eigenvalue weighted by atomic mass is 19.1. The molecule has 4 N–H and O–H groups in total. The van der Waals surface area contributed by atoms with E-state index in [1.165, 1.54) is 22.8 Å². The van der Waals surface area contributed by atoms with Crippen molar-refractivity contribution in [2.45, 2.75) is 122 Å². The van der Waals surface area contributed by atoms with Gasteiger partial charge in [0.05, 0.1) is 54.7 Å². The molecule has 0 saturated heterocycles. The lowest BCUT2D eigenvalue weighted by Gasteiger charge is -2.31. The summed E-state index contributed by atoms with van der Waals surface area (Å²) in [5.41, 5.74) is 2.44. The lowest BCUT2D eigenvalue weighted by molar-refractivity contribution is -0.172. The van der Waals surface area contributed by atoms with Gasteiger partial charge in [-0.25, -0.2) is 14.2 Å². The number of ketones is 3. The molecule has 2 aromatic carbocycles. The molecule has 3 aliphatic heterocycles. The van der Waals surface area contributed by atoms with Crippen LogP contribution in [-0.2, 0) is 79.5 Å². The van der Waals surface area contributed by atoms with Crippen LogP contribution in [0.4, 0.5) is 4.39 Å². The zero-order chi connectivity index (χ0) is 55.1. The van der Waals surface area contributed by atoms with Crippen molar-refractivity contribution in [3.8, 4) is 11.4 Å². The number of nitrogens with zero attached hydrogens (tertiary/aromatic N) is 4. The molecule has 5 heterocycles. The van der Waals surface area contributed by atoms with Gasteiger partial charge in [0.25, 0.3) is 17.4 Å². The fourth-order valence-electron chi connectivity index (χ4n) is 10.8. The number of esters is 1. The van der Waals surface area contributed by atoms with E-state index in [0.717, 1.165) is 21.6 Å². The Balaban J connectivity index is 0.800. The number of halogens is 1. The fraction of sp³-hybridized carbons (Fsp3) is 0.456. The number of aryl methyl sites for hydroxylation is 1. The summed E-state index contributed by atoms with van der Waals surface area (Å²) in [6, 6.07) is 11.5. The van der Waals surface area contributed by atoms with Crippen LogP contribution in [0.25, 0.3) is 22.3 Å². The monoisotopic (exact) mass is 1060 g/mol. The van der Waals surface area contributed by atoms with E-state index in [9.17, 15) is 53.1 Å². The molecule has 4 aliphatic rings. The number of amides is 5. The van der Waals surface area contributed by atoms with E-state index in [4.69, 9.17) is 9.72 Å². The third-order valence-electron chi connectivity index (χ3n) is 15.1. The third-order valence-corrected chi connectivity index (χ3v) is 15.1. The van der Waals surface area contributed by atoms with Crippen molar-refractivity contribution in [3.05, 3.63) is 110 Å². The predicted molar refractivity (Wildman–Crippen MR) is 278 cm³/mol. The third kappa shape index (κ3) is 12.5. The number of pyridine rings is 2. The molecule has 20 heteroatoms. The lowest BCUT2D eigenvalue weighted by atomic mass is 9.81. The largest absolute Gasteiger partial charge is 0.458 e. The molecule has 77 heavy (non-hydrogen) atoms. The van der Waals surface area contributed by atoms with Crippen LogP contribution in [0.15, 0.2) is 59.4 Å². The minimum atomic E-state index is -2.03. The second kappa shape index (κ2) is 24.2. The number of imide groups is 1. The summed E-state index contributed by atoms with van der Waals surface area (Å²) >= 11 is 0. The van der Waals surface area contributed by atoms with Crippen molar-refractivity contribution >= 4 is 63.8 Å². The summed E-state index contributed by atoms with van der Waals surface area (Å²) in [6.07, 6.45) is 5.67. The van der Waals surface area contributed by atoms with Crippen LogP contribution in [0, 0.1) is 18.7 Å². The van der Waals surface area contributed by atoms with Gasteiger partial charge in [-0.2, -0.15) is 0 Å². The first-order valence-corrected chi connectivity index (χ1v) is 26.3. The zero-order valence-electron chi connectivity index (χ0n) is 43.6. The molecule has 1 aliphatic carbocycles. The molecule has 0 unspecified atom stereocenters. The quantitative estimate of drug-likeness (QED) is 0.0349. The van der Waals surface area contributed by atoms with E-state index in [-0.39, 0.29) is 125 Å². The summed E-state index contributed by atoms with van der Waals surface area (Å²) in [6.45, 7) is 3.14. The maximum Gasteiger partial charge on any atom is 0.343 e. The number of hydrogen-bond acceptors (Lipinski definition) is 14. The molecular weight excluding hydrogens is 994 g/mol. The first kappa shape index (κ1) is 55.6. The lowest BCUT2D eigenvalue weighted by Crippen LogP contribution is -2.44. The minimum Gasteiger partial charge on any atom is -0.458 e. The van der Waals surface area contributed by atoms with Crippen LogP contribution in [0.3, 0.4) is 0 Å². The number of carbonyl (C=O) groups is 9. The van der Waals surface area contributed by atoms with Gasteiger partial charge >= 0.3 is 5.97 Å². The van der Waals surface area contributed by atoms with E-state index in [0.29, 0.717) is 78.5 Å². The van der Waals surface area contributed by atoms with Crippen LogP contribution in [0.2, 0.25) is 0 Å². The number of ether oxygens (including phenoxy) is 1. The maximum absolute atomic E-state index is 15.4. The Hall–Kier alpha value is -7.58. The SMILES string of the molecule is CC[C@@]1(O)C(=O)OCc2c1cc1n(c2=O)Cc2c-1nc1cc(F)c(C)c3c1c2[C@@H](NC(=O)CN(C)CCCC(=O)CNC(=O)[C@@H](CC(=O)CNC(=O)CCC(=O)CCCCCN1C(=O)C=CC1=O)Cc1ccccc1)CC3. The number of unbranched alkanes of at least 4 members (excludes halogenated alkanes) is 2. The molecule has 8 rings (SSSR count). The van der Waals surface area contributed by atoms with E-state index in [2.05, 4.69) is 16.0 Å². The number of fused-ring (bicyclic) bond motifs is 5. The Morgan fingerprint density at radius 2 is 1.60 bits per heavy atom. The molecule has 5 amide bonds. The van der Waals surface area contributed by atoms with E-state index < -0.39 is 52.5 Å². The molecule has 0 spiro atoms. The van der Waals surface area contributed by atoms with Crippen LogP contribution in [0.1, 0.15) is 123 Å². The second-order valence-corrected chi connectivity index (χ2v) is 20.5. The second-order valence-electron chi connectivity index (χ2n) is 20.5. The van der Waals surface area contributed by atoms with Crippen molar-refractivity contribution in [3.63, 3.8) is 0 Å². The number of rotatable bonds is 26. The van der Waals surface area contributed by atoms with Gasteiger partial charge in [-0.05, 0) is 93.8 Å². The first-order chi connectivity index (χ1) is 36.9. The van der Waals surface area contributed by atoms with Crippen LogP contribution in [-0.4, -0.2) is 117 Å². The highest BCUT2D eigenvalue weighted by molar-refractivity contribution is 6.12. The Bertz CT molecular complexity index is 3140. The number of cyclic esters (lactones) is 1. The Morgan fingerprint density at radius 1 is 0.870 bits per heavy atom. The highest BCUT2D eigenvalue weighted by Gasteiger charge is 2.46. The van der Waals surface area contributed by atoms with Crippen LogP contribution < -0.4 is 21.5 Å². The average molecular weight is 1060 g/mol. The van der Waals surface area contributed by atoms with Gasteiger partial charge < -0.3 is 30.4 Å². The zero-order valence-corrected chi connectivity index (χ0v) is 43.6. The Morgan fingerprint density at radius 3 is 2.34 bits per heavy atom. The highest BCUT2D eigenvalue weighted by Crippen LogP contribution is 2.46. The van der Waals surface area contributed by atoms with Crippen LogP contribution >= 0.6 is 0 Å². The van der Waals surface area contributed by atoms with Gasteiger partial charge in [-0.3, -0.25) is 53.0 Å². The maximum atomic E-state index is 15.4. The number of benzene rings is 2. The molecule has 0 saturated carbocycles. The van der Waals surface area contributed by atoms with Crippen molar-refractivity contribution in [1.82, 2.24) is 35.3 Å². The summed E-state index contributed by atoms with van der Waals surface area (Å²) < 4.78 is 22.2. The van der Waals surface area contributed by atoms with Crippen LogP contribution in [0.5, 0.6) is 0 Å². The van der Waals surface area contributed by atoms with Crippen molar-refractivity contribution < 1.29 is 57.4 Å². The fourth-order valence-corrected chi connectivity index (χ4v) is 10.8. The van der Waals surface area contributed by atoms with E-state index >= 15 is 4.39 Å². The summed E-state index contributed by atoms with van der Waals surface area (Å²) in [5.74, 6) is -4.86. The molecule has 0 bridgehead atoms. The smallest absolute Gasteiger partial charge is 0.343 e. The molecule has 0 radical (unpaired) electrons. The topological polar surface area (TPSA) is 261 Å². The standard InChI is InChI=1S/C57H64FN7O12/c1-4-57(76)42-26-46-53-40(30-65(46)55(74)41(42)32-77-56(57)75)52-44(18-17-39-33(2)43(58)27-45(62-53)51(39)52)61-48(70)31-63(3)22-11-15-37(67)28-60-54(73)35(24-34-12-7-5-8-13-34)25-38(68)29-59-47(69)19-16-36(66)14-9-6-10-23-64-49(71)20-21-50(64)72/h5,7-8,12-13,20-21,26-27,35,44,76H,4,6,9-11,14-19,22-25,28-32H2,1-3H3,(H,59,69)(H,60,73)(H,61,70)/t35-,44+,57+/m1/s1. The minimum absolute atomic E-state index is 0.00873. The number of aliphatic hydroxyl groups is 1. The molecule has 0 fully saturated rings. The first-order valence-electron chi connectivity index (χ1n) is 26.3.